The van der Waals surface area contributed by atoms with Crippen molar-refractivity contribution in [3.63, 3.8) is 0 Å². The van der Waals surface area contributed by atoms with Crippen LogP contribution in [0.1, 0.15) is 68.2 Å². The molecular formula is C22H40O6. The molecule has 2 fully saturated rings. The maximum absolute atomic E-state index is 12.6. The highest BCUT2D eigenvalue weighted by Crippen LogP contribution is 2.45. The summed E-state index contributed by atoms with van der Waals surface area (Å²) < 4.78 is 30.8. The summed E-state index contributed by atoms with van der Waals surface area (Å²) in [6.07, 6.45) is -0.363. The molecule has 0 spiro atoms. The second-order valence-electron chi connectivity index (χ2n) is 9.11. The van der Waals surface area contributed by atoms with Gasteiger partial charge in [0.1, 0.15) is 24.4 Å². The van der Waals surface area contributed by atoms with Crippen LogP contribution in [0.25, 0.3) is 0 Å². The molecular weight excluding hydrogens is 360 g/mol. The first kappa shape index (κ1) is 23.6. The Morgan fingerprint density at radius 1 is 0.929 bits per heavy atom. The van der Waals surface area contributed by atoms with Crippen molar-refractivity contribution < 1.29 is 28.5 Å². The monoisotopic (exact) mass is 400 g/mol. The molecule has 0 aromatic carbocycles. The Labute approximate surface area is 170 Å². The van der Waals surface area contributed by atoms with Crippen LogP contribution in [0.5, 0.6) is 0 Å². The molecule has 0 bridgehead atoms. The summed E-state index contributed by atoms with van der Waals surface area (Å²) in [4.78, 5) is 12.6. The second kappa shape index (κ2) is 9.88. The molecule has 0 aromatic heterocycles. The van der Waals surface area contributed by atoms with Crippen molar-refractivity contribution in [1.29, 1.82) is 0 Å². The van der Waals surface area contributed by atoms with Gasteiger partial charge >= 0.3 is 5.97 Å². The minimum Gasteiger partial charge on any atom is -0.459 e. The lowest BCUT2D eigenvalue weighted by Gasteiger charge is -2.47. The molecule has 1 saturated heterocycles. The number of ether oxygens (including phenoxy) is 5. The molecule has 164 valence electrons. The summed E-state index contributed by atoms with van der Waals surface area (Å²) in [7, 11) is 0. The number of fused-ring (bicyclic) bond motifs is 1. The summed E-state index contributed by atoms with van der Waals surface area (Å²) in [5, 5.41) is 0. The number of carbonyl (C=O) groups excluding carboxylic acids is 1. The maximum atomic E-state index is 12.6. The predicted octanol–water partition coefficient (Wildman–Crippen LogP) is 3.95. The first-order valence-corrected chi connectivity index (χ1v) is 10.9. The van der Waals surface area contributed by atoms with Gasteiger partial charge in [0.2, 0.25) is 0 Å². The van der Waals surface area contributed by atoms with E-state index < -0.39 is 11.9 Å². The fraction of sp³-hybridized carbons (Fsp3) is 0.955. The van der Waals surface area contributed by atoms with Crippen LogP contribution in [0.15, 0.2) is 0 Å². The van der Waals surface area contributed by atoms with Crippen LogP contribution in [0.2, 0.25) is 0 Å². The topological polar surface area (TPSA) is 63.2 Å². The zero-order valence-corrected chi connectivity index (χ0v) is 18.9. The normalized spacial score (nSPS) is 34.6. The van der Waals surface area contributed by atoms with Crippen molar-refractivity contribution >= 4 is 5.97 Å². The van der Waals surface area contributed by atoms with Crippen LogP contribution in [-0.4, -0.2) is 55.5 Å². The molecule has 2 rings (SSSR count). The molecule has 0 amide bonds. The summed E-state index contributed by atoms with van der Waals surface area (Å²) >= 11 is 0. The zero-order chi connectivity index (χ0) is 21.1. The molecule has 6 atom stereocenters. The Morgan fingerprint density at radius 3 is 2.04 bits per heavy atom. The fourth-order valence-electron chi connectivity index (χ4n) is 4.43. The van der Waals surface area contributed by atoms with Crippen LogP contribution < -0.4 is 0 Å². The number of hydrogen-bond donors (Lipinski definition) is 0. The summed E-state index contributed by atoms with van der Waals surface area (Å²) in [5.74, 6) is -0.219. The highest BCUT2D eigenvalue weighted by molar-refractivity contribution is 5.69. The Balaban J connectivity index is 2.34. The van der Waals surface area contributed by atoms with Crippen molar-refractivity contribution in [3.8, 4) is 0 Å². The molecule has 1 saturated carbocycles. The van der Waals surface area contributed by atoms with E-state index in [1.54, 1.807) is 0 Å². The van der Waals surface area contributed by atoms with Crippen molar-refractivity contribution in [2.75, 3.05) is 13.2 Å². The van der Waals surface area contributed by atoms with Crippen molar-refractivity contribution in [2.45, 2.75) is 105 Å². The first-order valence-electron chi connectivity index (χ1n) is 10.9. The van der Waals surface area contributed by atoms with Gasteiger partial charge in [-0.1, -0.05) is 27.7 Å². The maximum Gasteiger partial charge on any atom is 0.306 e. The number of esters is 1. The number of carbonyl (C=O) groups is 1. The lowest BCUT2D eigenvalue weighted by Crippen LogP contribution is -2.63. The fourth-order valence-corrected chi connectivity index (χ4v) is 4.43. The van der Waals surface area contributed by atoms with Gasteiger partial charge in [-0.05, 0) is 46.0 Å². The quantitative estimate of drug-likeness (QED) is 0.546. The minimum absolute atomic E-state index is 0.0250. The van der Waals surface area contributed by atoms with Gasteiger partial charge in [-0.15, -0.1) is 0 Å². The van der Waals surface area contributed by atoms with Crippen LogP contribution in [0, 0.1) is 17.8 Å². The van der Waals surface area contributed by atoms with E-state index in [-0.39, 0.29) is 42.2 Å². The van der Waals surface area contributed by atoms with Crippen molar-refractivity contribution in [3.05, 3.63) is 0 Å². The molecule has 1 heterocycles. The summed E-state index contributed by atoms with van der Waals surface area (Å²) in [5.41, 5.74) is 0. The smallest absolute Gasteiger partial charge is 0.306 e. The van der Waals surface area contributed by atoms with Crippen LogP contribution in [0.4, 0.5) is 0 Å². The highest BCUT2D eigenvalue weighted by atomic mass is 16.8. The molecule has 0 N–H and O–H groups in total. The molecule has 28 heavy (non-hydrogen) atoms. The van der Waals surface area contributed by atoms with Gasteiger partial charge in [-0.3, -0.25) is 4.79 Å². The van der Waals surface area contributed by atoms with E-state index in [0.29, 0.717) is 25.6 Å². The molecule has 6 heteroatoms. The molecule has 6 unspecified atom stereocenters. The standard InChI is InChI=1S/C22H40O6/c1-9-24-19-17(26-15(23)12-11-13(3)4)16(14(5)6)18-21(20(19)25-10-2)28-22(7,8)27-18/h13-14,16-21H,9-12H2,1-8H3. The molecule has 1 aliphatic heterocycles. The van der Waals surface area contributed by atoms with E-state index in [2.05, 4.69) is 27.7 Å². The number of hydrogen-bond acceptors (Lipinski definition) is 6. The Bertz CT molecular complexity index is 503. The molecule has 6 nitrogen and oxygen atoms in total. The average molecular weight is 401 g/mol. The molecule has 0 aromatic rings. The first-order chi connectivity index (χ1) is 13.1. The van der Waals surface area contributed by atoms with E-state index in [0.717, 1.165) is 6.42 Å². The highest BCUT2D eigenvalue weighted by Gasteiger charge is 2.60. The van der Waals surface area contributed by atoms with E-state index in [1.165, 1.54) is 0 Å². The Kier molecular flexibility index (Phi) is 8.32. The second-order valence-corrected chi connectivity index (χ2v) is 9.11. The van der Waals surface area contributed by atoms with Crippen LogP contribution >= 0.6 is 0 Å². The zero-order valence-electron chi connectivity index (χ0n) is 18.9. The third kappa shape index (κ3) is 5.47. The third-order valence-electron chi connectivity index (χ3n) is 5.58. The van der Waals surface area contributed by atoms with Gasteiger partial charge in [0.15, 0.2) is 5.79 Å². The van der Waals surface area contributed by atoms with Gasteiger partial charge in [0.05, 0.1) is 6.10 Å². The van der Waals surface area contributed by atoms with Crippen LogP contribution in [-0.2, 0) is 28.5 Å². The molecule has 1 aliphatic carbocycles. The molecule has 2 aliphatic rings. The van der Waals surface area contributed by atoms with E-state index in [1.807, 2.05) is 27.7 Å². The summed E-state index contributed by atoms with van der Waals surface area (Å²) in [6.45, 7) is 17.3. The van der Waals surface area contributed by atoms with E-state index in [4.69, 9.17) is 23.7 Å². The number of rotatable bonds is 9. The summed E-state index contributed by atoms with van der Waals surface area (Å²) in [6, 6.07) is 0. The van der Waals surface area contributed by atoms with Crippen LogP contribution in [0.3, 0.4) is 0 Å². The van der Waals surface area contributed by atoms with E-state index in [9.17, 15) is 4.79 Å². The van der Waals surface area contributed by atoms with E-state index >= 15 is 0 Å². The SMILES string of the molecule is CCOC1C(OCC)C(OC(=O)CCC(C)C)C(C(C)C)C2OC(C)(C)OC12. The Morgan fingerprint density at radius 2 is 1.50 bits per heavy atom. The molecule has 0 radical (unpaired) electrons. The Hall–Kier alpha value is -0.690. The van der Waals surface area contributed by atoms with Crippen molar-refractivity contribution in [1.82, 2.24) is 0 Å². The third-order valence-corrected chi connectivity index (χ3v) is 5.58. The average Bonchev–Trinajstić information content (AvgIpc) is 2.90. The lowest BCUT2D eigenvalue weighted by molar-refractivity contribution is -0.223. The lowest BCUT2D eigenvalue weighted by atomic mass is 9.73. The minimum atomic E-state index is -0.703. The largest absolute Gasteiger partial charge is 0.459 e. The van der Waals surface area contributed by atoms with Crippen molar-refractivity contribution in [2.24, 2.45) is 17.8 Å². The van der Waals surface area contributed by atoms with Gasteiger partial charge in [-0.25, -0.2) is 0 Å². The van der Waals surface area contributed by atoms with Gasteiger partial charge in [0.25, 0.3) is 0 Å². The predicted molar refractivity (Wildman–Crippen MR) is 107 cm³/mol. The van der Waals surface area contributed by atoms with Gasteiger partial charge < -0.3 is 23.7 Å². The van der Waals surface area contributed by atoms with Gasteiger partial charge in [0, 0.05) is 25.6 Å². The van der Waals surface area contributed by atoms with Gasteiger partial charge in [-0.2, -0.15) is 0 Å².